The van der Waals surface area contributed by atoms with Crippen LogP contribution < -0.4 is 5.32 Å². The highest BCUT2D eigenvalue weighted by molar-refractivity contribution is 5.73. The molecule has 0 saturated heterocycles. The lowest BCUT2D eigenvalue weighted by atomic mass is 9.80. The number of hydrogen-bond acceptors (Lipinski definition) is 3. The van der Waals surface area contributed by atoms with Crippen molar-refractivity contribution in [1.29, 1.82) is 0 Å². The summed E-state index contributed by atoms with van der Waals surface area (Å²) >= 11 is 0. The molecule has 0 aliphatic carbocycles. The number of carbonyl (C=O) groups is 1. The van der Waals surface area contributed by atoms with Crippen LogP contribution in [0.3, 0.4) is 0 Å². The molecule has 0 aliphatic rings. The highest BCUT2D eigenvalue weighted by Gasteiger charge is 2.40. The molecule has 0 saturated carbocycles. The lowest BCUT2D eigenvalue weighted by molar-refractivity contribution is -0.152. The average molecular weight is 331 g/mol. The van der Waals surface area contributed by atoms with E-state index in [9.17, 15) is 4.79 Å². The van der Waals surface area contributed by atoms with Crippen molar-refractivity contribution in [3.05, 3.63) is 108 Å². The number of esters is 1. The minimum absolute atomic E-state index is 0.147. The van der Waals surface area contributed by atoms with E-state index in [0.29, 0.717) is 0 Å². The Kier molecular flexibility index (Phi) is 5.26. The van der Waals surface area contributed by atoms with Gasteiger partial charge >= 0.3 is 5.97 Å². The Bertz CT molecular complexity index is 705. The van der Waals surface area contributed by atoms with Gasteiger partial charge in [-0.05, 0) is 7.05 Å². The maximum atomic E-state index is 12.5. The summed E-state index contributed by atoms with van der Waals surface area (Å²) in [5.74, 6) is -0.306. The van der Waals surface area contributed by atoms with Gasteiger partial charge in [0.25, 0.3) is 0 Å². The van der Waals surface area contributed by atoms with Gasteiger partial charge in [-0.25, -0.2) is 0 Å². The second-order valence-corrected chi connectivity index (χ2v) is 5.78. The van der Waals surface area contributed by atoms with Gasteiger partial charge in [0.1, 0.15) is 0 Å². The van der Waals surface area contributed by atoms with Crippen LogP contribution >= 0.6 is 0 Å². The largest absolute Gasteiger partial charge is 0.443 e. The van der Waals surface area contributed by atoms with Gasteiger partial charge < -0.3 is 10.1 Å². The molecule has 126 valence electrons. The van der Waals surface area contributed by atoms with Crippen molar-refractivity contribution in [3.8, 4) is 0 Å². The SMILES string of the molecule is CNCC(=O)OC(c1ccccc1)(c1ccccc1)c1ccccc1. The maximum Gasteiger partial charge on any atom is 0.321 e. The third kappa shape index (κ3) is 3.47. The van der Waals surface area contributed by atoms with Gasteiger partial charge in [-0.1, -0.05) is 91.0 Å². The van der Waals surface area contributed by atoms with Gasteiger partial charge in [-0.15, -0.1) is 0 Å². The Balaban J connectivity index is 2.26. The minimum atomic E-state index is -0.988. The molecule has 0 fully saturated rings. The molecule has 0 unspecified atom stereocenters. The van der Waals surface area contributed by atoms with Crippen LogP contribution in [0.5, 0.6) is 0 Å². The number of ether oxygens (including phenoxy) is 1. The molecule has 0 amide bonds. The third-order valence-corrected chi connectivity index (χ3v) is 4.13. The number of carbonyl (C=O) groups excluding carboxylic acids is 1. The van der Waals surface area contributed by atoms with E-state index in [4.69, 9.17) is 4.74 Å². The van der Waals surface area contributed by atoms with Crippen LogP contribution in [-0.4, -0.2) is 19.6 Å². The molecule has 0 bridgehead atoms. The van der Waals surface area contributed by atoms with Crippen LogP contribution in [-0.2, 0) is 15.1 Å². The standard InChI is InChI=1S/C22H21NO2/c1-23-17-21(24)25-22(18-11-5-2-6-12-18,19-13-7-3-8-14-19)20-15-9-4-10-16-20/h2-16,23H,17H2,1H3. The maximum absolute atomic E-state index is 12.5. The Morgan fingerprint density at radius 2 is 1.12 bits per heavy atom. The molecule has 0 aromatic heterocycles. The summed E-state index contributed by atoms with van der Waals surface area (Å²) in [5.41, 5.74) is 1.75. The summed E-state index contributed by atoms with van der Waals surface area (Å²) in [6, 6.07) is 29.6. The van der Waals surface area contributed by atoms with Crippen LogP contribution in [0, 0.1) is 0 Å². The smallest absolute Gasteiger partial charge is 0.321 e. The zero-order valence-electron chi connectivity index (χ0n) is 14.2. The molecule has 1 N–H and O–H groups in total. The molecule has 0 radical (unpaired) electrons. The van der Waals surface area contributed by atoms with Crippen LogP contribution in [0.4, 0.5) is 0 Å². The van der Waals surface area contributed by atoms with Crippen molar-refractivity contribution in [2.45, 2.75) is 5.60 Å². The van der Waals surface area contributed by atoms with Crippen LogP contribution in [0.1, 0.15) is 16.7 Å². The number of benzene rings is 3. The highest BCUT2D eigenvalue weighted by Crippen LogP contribution is 2.40. The second-order valence-electron chi connectivity index (χ2n) is 5.78. The van der Waals surface area contributed by atoms with Crippen LogP contribution in [0.15, 0.2) is 91.0 Å². The first-order valence-corrected chi connectivity index (χ1v) is 8.30. The van der Waals surface area contributed by atoms with Gasteiger partial charge in [0.05, 0.1) is 6.54 Å². The van der Waals surface area contributed by atoms with E-state index in [2.05, 4.69) is 5.32 Å². The molecule has 3 nitrogen and oxygen atoms in total. The van der Waals surface area contributed by atoms with Crippen molar-refractivity contribution in [3.63, 3.8) is 0 Å². The number of hydrogen-bond donors (Lipinski definition) is 1. The quantitative estimate of drug-likeness (QED) is 0.552. The molecule has 0 aliphatic heterocycles. The van der Waals surface area contributed by atoms with E-state index in [0.717, 1.165) is 16.7 Å². The van der Waals surface area contributed by atoms with Crippen molar-refractivity contribution in [2.75, 3.05) is 13.6 Å². The lowest BCUT2D eigenvalue weighted by Crippen LogP contribution is -2.37. The fourth-order valence-corrected chi connectivity index (χ4v) is 3.05. The highest BCUT2D eigenvalue weighted by atomic mass is 16.6. The van der Waals surface area contributed by atoms with E-state index in [1.807, 2.05) is 91.0 Å². The zero-order chi connectivity index (χ0) is 17.5. The molecule has 0 atom stereocenters. The number of rotatable bonds is 6. The molecule has 0 spiro atoms. The van der Waals surface area contributed by atoms with E-state index >= 15 is 0 Å². The first-order valence-electron chi connectivity index (χ1n) is 8.30. The summed E-state index contributed by atoms with van der Waals surface area (Å²) in [7, 11) is 1.73. The number of likely N-dealkylation sites (N-methyl/N-ethyl adjacent to an activating group) is 1. The number of nitrogens with one attached hydrogen (secondary N) is 1. The van der Waals surface area contributed by atoms with Gasteiger partial charge in [0, 0.05) is 16.7 Å². The Morgan fingerprint density at radius 1 is 0.760 bits per heavy atom. The monoisotopic (exact) mass is 331 g/mol. The first-order chi connectivity index (χ1) is 12.3. The molecule has 3 heteroatoms. The van der Waals surface area contributed by atoms with E-state index in [1.165, 1.54) is 0 Å². The van der Waals surface area contributed by atoms with Crippen LogP contribution in [0.2, 0.25) is 0 Å². The fraction of sp³-hybridized carbons (Fsp3) is 0.136. The van der Waals surface area contributed by atoms with Gasteiger partial charge in [0.15, 0.2) is 5.60 Å². The van der Waals surface area contributed by atoms with Crippen molar-refractivity contribution < 1.29 is 9.53 Å². The van der Waals surface area contributed by atoms with Crippen molar-refractivity contribution >= 4 is 5.97 Å². The Labute approximate surface area is 148 Å². The first kappa shape index (κ1) is 16.9. The summed E-state index contributed by atoms with van der Waals surface area (Å²) in [5, 5.41) is 2.87. The average Bonchev–Trinajstić information content (AvgIpc) is 2.68. The van der Waals surface area contributed by atoms with Gasteiger partial charge in [0.2, 0.25) is 0 Å². The summed E-state index contributed by atoms with van der Waals surface area (Å²) in [4.78, 5) is 12.5. The van der Waals surface area contributed by atoms with E-state index in [-0.39, 0.29) is 12.5 Å². The predicted molar refractivity (Wildman–Crippen MR) is 99.2 cm³/mol. The normalized spacial score (nSPS) is 11.1. The second kappa shape index (κ2) is 7.77. The summed E-state index contributed by atoms with van der Waals surface area (Å²) in [6.07, 6.45) is 0. The molecule has 3 rings (SSSR count). The van der Waals surface area contributed by atoms with Crippen LogP contribution in [0.25, 0.3) is 0 Å². The van der Waals surface area contributed by atoms with E-state index in [1.54, 1.807) is 7.05 Å². The molecule has 3 aromatic rings. The Morgan fingerprint density at radius 3 is 1.44 bits per heavy atom. The molecular weight excluding hydrogens is 310 g/mol. The Hall–Kier alpha value is -2.91. The lowest BCUT2D eigenvalue weighted by Gasteiger charge is -2.35. The summed E-state index contributed by atoms with van der Waals surface area (Å²) < 4.78 is 6.14. The van der Waals surface area contributed by atoms with Gasteiger partial charge in [-0.2, -0.15) is 0 Å². The molecule has 0 heterocycles. The van der Waals surface area contributed by atoms with Crippen molar-refractivity contribution in [1.82, 2.24) is 5.32 Å². The zero-order valence-corrected chi connectivity index (χ0v) is 14.2. The van der Waals surface area contributed by atoms with E-state index < -0.39 is 5.60 Å². The molecule has 3 aromatic carbocycles. The molecular formula is C22H21NO2. The summed E-state index contributed by atoms with van der Waals surface area (Å²) in [6.45, 7) is 0.147. The third-order valence-electron chi connectivity index (χ3n) is 4.13. The van der Waals surface area contributed by atoms with Gasteiger partial charge in [-0.3, -0.25) is 4.79 Å². The topological polar surface area (TPSA) is 38.3 Å². The predicted octanol–water partition coefficient (Wildman–Crippen LogP) is 3.74. The van der Waals surface area contributed by atoms with Crippen molar-refractivity contribution in [2.24, 2.45) is 0 Å². The molecule has 25 heavy (non-hydrogen) atoms. The fourth-order valence-electron chi connectivity index (χ4n) is 3.05. The minimum Gasteiger partial charge on any atom is -0.443 e.